The van der Waals surface area contributed by atoms with Gasteiger partial charge in [0.1, 0.15) is 17.3 Å². The SMILES string of the molecule is S=c1c2ccccc2oc2ccc([S+](c3ccccc3)c3ccccc3)cc12.c1ccc([B-](c2ccccc2)(c2ccccc2)c2ccccc2)cc1. The molecule has 0 N–H and O–H groups in total. The predicted molar refractivity (Wildman–Crippen MR) is 230 cm³/mol. The first-order chi connectivity index (χ1) is 26.2. The summed E-state index contributed by atoms with van der Waals surface area (Å²) in [5, 5.41) is 1.98. The third kappa shape index (κ3) is 6.87. The molecule has 0 aliphatic heterocycles. The first-order valence-electron chi connectivity index (χ1n) is 17.9. The highest BCUT2D eigenvalue weighted by molar-refractivity contribution is 7.97. The van der Waals surface area contributed by atoms with Crippen LogP contribution in [0.5, 0.6) is 0 Å². The van der Waals surface area contributed by atoms with Gasteiger partial charge in [0.15, 0.2) is 14.7 Å². The summed E-state index contributed by atoms with van der Waals surface area (Å²) in [6.45, 7) is 0. The van der Waals surface area contributed by atoms with Crippen LogP contribution in [0.15, 0.2) is 244 Å². The third-order valence-corrected chi connectivity index (χ3v) is 12.6. The van der Waals surface area contributed by atoms with E-state index in [0.29, 0.717) is 0 Å². The predicted octanol–water partition coefficient (Wildman–Crippen LogP) is 10.5. The number of benzene rings is 8. The molecule has 0 spiro atoms. The summed E-state index contributed by atoms with van der Waals surface area (Å²) >= 11 is 5.82. The van der Waals surface area contributed by atoms with Gasteiger partial charge in [-0.2, -0.15) is 21.9 Å². The molecule has 53 heavy (non-hydrogen) atoms. The molecule has 1 aromatic heterocycles. The van der Waals surface area contributed by atoms with E-state index in [9.17, 15) is 0 Å². The fraction of sp³-hybridized carbons (Fsp3) is 0. The van der Waals surface area contributed by atoms with E-state index in [1.807, 2.05) is 24.3 Å². The lowest BCUT2D eigenvalue weighted by Gasteiger charge is -2.44. The Morgan fingerprint density at radius 1 is 0.340 bits per heavy atom. The van der Waals surface area contributed by atoms with Gasteiger partial charge in [0.25, 0.3) is 0 Å². The summed E-state index contributed by atoms with van der Waals surface area (Å²) in [4.78, 5) is 3.81. The summed E-state index contributed by atoms with van der Waals surface area (Å²) in [6, 6.07) is 79.2. The van der Waals surface area contributed by atoms with Crippen LogP contribution in [-0.2, 0) is 10.9 Å². The number of rotatable bonds is 7. The second kappa shape index (κ2) is 15.8. The number of para-hydroxylation sites is 1. The highest BCUT2D eigenvalue weighted by Gasteiger charge is 2.31. The molecule has 0 radical (unpaired) electrons. The van der Waals surface area contributed by atoms with Crippen molar-refractivity contribution in [2.24, 2.45) is 0 Å². The molecule has 0 saturated heterocycles. The normalized spacial score (nSPS) is 11.3. The van der Waals surface area contributed by atoms with E-state index in [1.54, 1.807) is 0 Å². The van der Waals surface area contributed by atoms with Crippen molar-refractivity contribution in [3.8, 4) is 0 Å². The minimum Gasteiger partial charge on any atom is -0.456 e. The zero-order chi connectivity index (χ0) is 35.9. The van der Waals surface area contributed by atoms with E-state index < -0.39 is 6.15 Å². The van der Waals surface area contributed by atoms with E-state index in [2.05, 4.69) is 200 Å². The van der Waals surface area contributed by atoms with Gasteiger partial charge in [0, 0.05) is 16.8 Å². The van der Waals surface area contributed by atoms with E-state index >= 15 is 0 Å². The van der Waals surface area contributed by atoms with Crippen LogP contribution >= 0.6 is 12.2 Å². The second-order valence-corrected chi connectivity index (χ2v) is 15.5. The Hall–Kier alpha value is -5.94. The van der Waals surface area contributed by atoms with E-state index in [4.69, 9.17) is 16.6 Å². The van der Waals surface area contributed by atoms with Crippen LogP contribution in [0.25, 0.3) is 21.9 Å². The van der Waals surface area contributed by atoms with Crippen LogP contribution in [0.4, 0.5) is 0 Å². The minimum atomic E-state index is -1.22. The average Bonchev–Trinajstić information content (AvgIpc) is 3.24. The molecular formula is C49H37BOS2. The molecule has 4 heteroatoms. The van der Waals surface area contributed by atoms with Crippen molar-refractivity contribution >= 4 is 73.0 Å². The molecule has 0 bridgehead atoms. The Bertz CT molecular complexity index is 2410. The maximum atomic E-state index is 6.11. The first kappa shape index (κ1) is 34.2. The Morgan fingerprint density at radius 3 is 1.13 bits per heavy atom. The van der Waals surface area contributed by atoms with Crippen molar-refractivity contribution in [1.82, 2.24) is 0 Å². The quantitative estimate of drug-likeness (QED) is 0.0705. The molecule has 0 amide bonds. The molecule has 0 aliphatic carbocycles. The van der Waals surface area contributed by atoms with Crippen molar-refractivity contribution in [3.63, 3.8) is 0 Å². The zero-order valence-corrected chi connectivity index (χ0v) is 30.8. The van der Waals surface area contributed by atoms with Gasteiger partial charge in [0.2, 0.25) is 0 Å². The van der Waals surface area contributed by atoms with Crippen LogP contribution in [0.2, 0.25) is 0 Å². The number of hydrogen-bond acceptors (Lipinski definition) is 2. The van der Waals surface area contributed by atoms with Crippen LogP contribution in [0.1, 0.15) is 0 Å². The van der Waals surface area contributed by atoms with Crippen molar-refractivity contribution in [1.29, 1.82) is 0 Å². The molecule has 0 fully saturated rings. The van der Waals surface area contributed by atoms with Gasteiger partial charge >= 0.3 is 0 Å². The lowest BCUT2D eigenvalue weighted by atomic mass is 9.13. The lowest BCUT2D eigenvalue weighted by molar-refractivity contribution is 0.660. The molecule has 0 unspecified atom stereocenters. The Labute approximate surface area is 319 Å². The van der Waals surface area contributed by atoms with Crippen molar-refractivity contribution in [2.45, 2.75) is 14.7 Å². The molecule has 0 aliphatic rings. The topological polar surface area (TPSA) is 13.1 Å². The maximum Gasteiger partial charge on any atom is 0.167 e. The van der Waals surface area contributed by atoms with Gasteiger partial charge in [0.05, 0.1) is 15.4 Å². The van der Waals surface area contributed by atoms with Gasteiger partial charge in [-0.15, -0.1) is 0 Å². The van der Waals surface area contributed by atoms with Crippen molar-refractivity contribution in [2.75, 3.05) is 0 Å². The summed E-state index contributed by atoms with van der Waals surface area (Å²) in [6.07, 6.45) is -1.22. The maximum absolute atomic E-state index is 6.11. The molecule has 254 valence electrons. The molecule has 9 rings (SSSR count). The summed E-state index contributed by atoms with van der Waals surface area (Å²) in [5.41, 5.74) is 7.02. The minimum absolute atomic E-state index is 0.201. The molecule has 9 aromatic rings. The highest BCUT2D eigenvalue weighted by Crippen LogP contribution is 2.34. The molecule has 0 saturated carbocycles. The van der Waals surface area contributed by atoms with Crippen LogP contribution in [-0.4, -0.2) is 6.15 Å². The van der Waals surface area contributed by atoms with Crippen molar-refractivity contribution in [3.05, 3.63) is 229 Å². The van der Waals surface area contributed by atoms with E-state index in [0.717, 1.165) is 26.4 Å². The Morgan fingerprint density at radius 2 is 0.698 bits per heavy atom. The summed E-state index contributed by atoms with van der Waals surface area (Å²) in [5.74, 6) is 0. The average molecular weight is 717 g/mol. The highest BCUT2D eigenvalue weighted by atomic mass is 32.2. The van der Waals surface area contributed by atoms with Crippen LogP contribution in [0.3, 0.4) is 0 Å². The van der Waals surface area contributed by atoms with E-state index in [-0.39, 0.29) is 10.9 Å². The fourth-order valence-corrected chi connectivity index (χ4v) is 10.00. The Kier molecular flexibility index (Phi) is 10.2. The third-order valence-electron chi connectivity index (χ3n) is 9.94. The van der Waals surface area contributed by atoms with Gasteiger partial charge < -0.3 is 4.42 Å². The molecule has 0 atom stereocenters. The molecule has 1 nitrogen and oxygen atoms in total. The van der Waals surface area contributed by atoms with Crippen LogP contribution < -0.4 is 21.9 Å². The largest absolute Gasteiger partial charge is 0.456 e. The van der Waals surface area contributed by atoms with Crippen molar-refractivity contribution < 1.29 is 4.42 Å². The van der Waals surface area contributed by atoms with Crippen LogP contribution in [0, 0.1) is 4.51 Å². The van der Waals surface area contributed by atoms with Gasteiger partial charge in [-0.3, -0.25) is 0 Å². The monoisotopic (exact) mass is 716 g/mol. The smallest absolute Gasteiger partial charge is 0.167 e. The summed E-state index contributed by atoms with van der Waals surface area (Å²) in [7, 11) is -0.201. The van der Waals surface area contributed by atoms with Gasteiger partial charge in [-0.1, -0.05) is 182 Å². The molecular weight excluding hydrogens is 679 g/mol. The fourth-order valence-electron chi connectivity index (χ4n) is 7.55. The summed E-state index contributed by atoms with van der Waals surface area (Å²) < 4.78 is 6.96. The molecule has 8 aromatic carbocycles. The van der Waals surface area contributed by atoms with Gasteiger partial charge in [-0.25, -0.2) is 0 Å². The van der Waals surface area contributed by atoms with Gasteiger partial charge in [-0.05, 0) is 48.5 Å². The molecule has 1 heterocycles. The zero-order valence-electron chi connectivity index (χ0n) is 29.2. The lowest BCUT2D eigenvalue weighted by Crippen LogP contribution is -2.74. The first-order valence-corrected chi connectivity index (χ1v) is 19.5. The second-order valence-electron chi connectivity index (χ2n) is 13.0. The Balaban J connectivity index is 0.000000152. The standard InChI is InChI=1S/C25H17OS2.C24H20B/c27-25-21-13-7-8-14-23(21)26-24-16-15-20(17-22(24)25)28(18-9-3-1-4-10-18)19-11-5-2-6-12-19;1-5-13-21(14-6-1)25(22-15-7-2-8-16-22,23-17-9-3-10-18-23)24-19-11-4-12-20-24/h1-17H;1-20H/q+1;-1. The number of hydrogen-bond donors (Lipinski definition) is 0. The van der Waals surface area contributed by atoms with E-state index in [1.165, 1.54) is 36.5 Å². The number of fused-ring (bicyclic) bond motifs is 2.